The largest absolute Gasteiger partial charge is 0.495 e. The molecule has 6 heteroatoms. The third-order valence-electron chi connectivity index (χ3n) is 3.20. The minimum atomic E-state index is 0.289. The molecule has 1 aromatic heterocycles. The van der Waals surface area contributed by atoms with E-state index in [0.29, 0.717) is 15.8 Å². The van der Waals surface area contributed by atoms with Crippen molar-refractivity contribution >= 4 is 45.8 Å². The van der Waals surface area contributed by atoms with Gasteiger partial charge in [-0.1, -0.05) is 23.2 Å². The molecule has 0 saturated carbocycles. The van der Waals surface area contributed by atoms with Crippen LogP contribution in [-0.2, 0) is 5.88 Å². The van der Waals surface area contributed by atoms with Crippen molar-refractivity contribution in [2.75, 3.05) is 7.11 Å². The predicted octanol–water partition coefficient (Wildman–Crippen LogP) is 5.08. The van der Waals surface area contributed by atoms with Crippen LogP contribution in [0, 0.1) is 0 Å². The lowest BCUT2D eigenvalue weighted by Crippen LogP contribution is -2.00. The van der Waals surface area contributed by atoms with Crippen molar-refractivity contribution in [2.24, 2.45) is 0 Å². The second-order valence-corrected chi connectivity index (χ2v) is 5.56. The van der Waals surface area contributed by atoms with Crippen LogP contribution in [-0.4, -0.2) is 16.7 Å². The molecule has 108 valence electrons. The number of hydrogen-bond donors (Lipinski definition) is 0. The molecule has 0 unspecified atom stereocenters. The number of halogens is 3. The van der Waals surface area contributed by atoms with Gasteiger partial charge in [-0.2, -0.15) is 0 Å². The molecule has 0 fully saturated rings. The molecule has 0 radical (unpaired) electrons. The number of hydrogen-bond acceptors (Lipinski definition) is 2. The van der Waals surface area contributed by atoms with Gasteiger partial charge in [0.1, 0.15) is 11.6 Å². The number of alkyl halides is 1. The summed E-state index contributed by atoms with van der Waals surface area (Å²) in [7, 11) is 1.58. The van der Waals surface area contributed by atoms with Crippen molar-refractivity contribution in [1.29, 1.82) is 0 Å². The van der Waals surface area contributed by atoms with Crippen LogP contribution in [0.4, 0.5) is 0 Å². The summed E-state index contributed by atoms with van der Waals surface area (Å²) in [5.74, 6) is 1.63. The van der Waals surface area contributed by atoms with Crippen molar-refractivity contribution in [2.45, 2.75) is 5.88 Å². The van der Waals surface area contributed by atoms with Crippen LogP contribution in [0.15, 0.2) is 36.4 Å². The Balaban J connectivity index is 2.28. The lowest BCUT2D eigenvalue weighted by molar-refractivity contribution is 0.415. The van der Waals surface area contributed by atoms with Gasteiger partial charge in [-0.05, 0) is 30.3 Å². The Labute approximate surface area is 137 Å². The summed E-state index contributed by atoms with van der Waals surface area (Å²) in [5, 5.41) is 1.20. The van der Waals surface area contributed by atoms with Crippen LogP contribution >= 0.6 is 34.8 Å². The van der Waals surface area contributed by atoms with Gasteiger partial charge in [0.25, 0.3) is 0 Å². The fourth-order valence-electron chi connectivity index (χ4n) is 2.27. The smallest absolute Gasteiger partial charge is 0.139 e. The Bertz CT molecular complexity index is 814. The number of methoxy groups -OCH3 is 1. The number of nitrogens with zero attached hydrogens (tertiary/aromatic N) is 2. The standard InChI is InChI=1S/C15H11Cl3N2O/c1-21-14-7-10(3-4-11(14)18)20-13-5-2-9(17)6-12(13)19-15(20)8-16/h2-7H,8H2,1H3. The van der Waals surface area contributed by atoms with E-state index in [2.05, 4.69) is 4.98 Å². The monoisotopic (exact) mass is 340 g/mol. The van der Waals surface area contributed by atoms with E-state index in [1.54, 1.807) is 13.2 Å². The molecule has 3 nitrogen and oxygen atoms in total. The molecule has 0 amide bonds. The van der Waals surface area contributed by atoms with E-state index in [4.69, 9.17) is 39.5 Å². The van der Waals surface area contributed by atoms with Crippen LogP contribution in [0.2, 0.25) is 10.0 Å². The van der Waals surface area contributed by atoms with Crippen LogP contribution in [0.25, 0.3) is 16.7 Å². The molecule has 0 atom stereocenters. The molecule has 3 rings (SSSR count). The van der Waals surface area contributed by atoms with Gasteiger partial charge < -0.3 is 4.74 Å². The molecule has 1 heterocycles. The summed E-state index contributed by atoms with van der Waals surface area (Å²) < 4.78 is 7.24. The molecular formula is C15H11Cl3N2O. The molecule has 0 N–H and O–H groups in total. The number of imidazole rings is 1. The highest BCUT2D eigenvalue weighted by molar-refractivity contribution is 6.32. The molecule has 0 aliphatic heterocycles. The summed E-state index contributed by atoms with van der Waals surface area (Å²) in [6.45, 7) is 0. The number of aromatic nitrogens is 2. The molecule has 3 aromatic rings. The van der Waals surface area contributed by atoms with Gasteiger partial charge in [-0.3, -0.25) is 4.57 Å². The zero-order valence-corrected chi connectivity index (χ0v) is 13.4. The molecule has 0 saturated heterocycles. The van der Waals surface area contributed by atoms with Crippen molar-refractivity contribution in [3.63, 3.8) is 0 Å². The Morgan fingerprint density at radius 3 is 2.67 bits per heavy atom. The fraction of sp³-hybridized carbons (Fsp3) is 0.133. The van der Waals surface area contributed by atoms with Crippen LogP contribution < -0.4 is 4.74 Å². The van der Waals surface area contributed by atoms with Gasteiger partial charge in [0, 0.05) is 11.1 Å². The Kier molecular flexibility index (Phi) is 3.98. The molecule has 0 spiro atoms. The van der Waals surface area contributed by atoms with Gasteiger partial charge in [0.15, 0.2) is 0 Å². The molecule has 0 aliphatic carbocycles. The Morgan fingerprint density at radius 2 is 1.95 bits per heavy atom. The maximum Gasteiger partial charge on any atom is 0.139 e. The summed E-state index contributed by atoms with van der Waals surface area (Å²) >= 11 is 18.1. The summed E-state index contributed by atoms with van der Waals surface area (Å²) in [4.78, 5) is 4.52. The first-order valence-electron chi connectivity index (χ1n) is 6.21. The highest BCUT2D eigenvalue weighted by Gasteiger charge is 2.13. The van der Waals surface area contributed by atoms with Crippen molar-refractivity contribution < 1.29 is 4.74 Å². The minimum Gasteiger partial charge on any atom is -0.495 e. The lowest BCUT2D eigenvalue weighted by Gasteiger charge is -2.10. The van der Waals surface area contributed by atoms with E-state index in [1.165, 1.54) is 0 Å². The molecule has 2 aromatic carbocycles. The Morgan fingerprint density at radius 1 is 1.14 bits per heavy atom. The minimum absolute atomic E-state index is 0.289. The number of benzene rings is 2. The summed E-state index contributed by atoms with van der Waals surface area (Å²) in [6.07, 6.45) is 0. The summed E-state index contributed by atoms with van der Waals surface area (Å²) in [6, 6.07) is 11.1. The van der Waals surface area contributed by atoms with Crippen LogP contribution in [0.5, 0.6) is 5.75 Å². The second kappa shape index (κ2) is 5.76. The first-order chi connectivity index (χ1) is 10.1. The zero-order chi connectivity index (χ0) is 15.0. The van der Waals surface area contributed by atoms with E-state index in [-0.39, 0.29) is 5.88 Å². The SMILES string of the molecule is COc1cc(-n2c(CCl)nc3cc(Cl)ccc32)ccc1Cl. The number of ether oxygens (including phenoxy) is 1. The van der Waals surface area contributed by atoms with Crippen molar-refractivity contribution in [3.8, 4) is 11.4 Å². The topological polar surface area (TPSA) is 27.1 Å². The average Bonchev–Trinajstić information content (AvgIpc) is 2.85. The zero-order valence-electron chi connectivity index (χ0n) is 11.1. The number of rotatable bonds is 3. The maximum absolute atomic E-state index is 6.08. The molecule has 0 aliphatic rings. The molecule has 0 bridgehead atoms. The average molecular weight is 342 g/mol. The van der Waals surface area contributed by atoms with Gasteiger partial charge >= 0.3 is 0 Å². The van der Waals surface area contributed by atoms with E-state index >= 15 is 0 Å². The van der Waals surface area contributed by atoms with Gasteiger partial charge in [0.05, 0.1) is 34.7 Å². The second-order valence-electron chi connectivity index (χ2n) is 4.45. The van der Waals surface area contributed by atoms with Crippen LogP contribution in [0.3, 0.4) is 0 Å². The van der Waals surface area contributed by atoms with Gasteiger partial charge in [-0.25, -0.2) is 4.98 Å². The summed E-state index contributed by atoms with van der Waals surface area (Å²) in [5.41, 5.74) is 2.61. The fourth-order valence-corrected chi connectivity index (χ4v) is 2.81. The van der Waals surface area contributed by atoms with Crippen molar-refractivity contribution in [1.82, 2.24) is 9.55 Å². The van der Waals surface area contributed by atoms with E-state index in [0.717, 1.165) is 22.5 Å². The van der Waals surface area contributed by atoms with Crippen molar-refractivity contribution in [3.05, 3.63) is 52.3 Å². The van der Waals surface area contributed by atoms with E-state index < -0.39 is 0 Å². The third-order valence-corrected chi connectivity index (χ3v) is 3.98. The molecule has 21 heavy (non-hydrogen) atoms. The van der Waals surface area contributed by atoms with E-state index in [9.17, 15) is 0 Å². The van der Waals surface area contributed by atoms with Gasteiger partial charge in [-0.15, -0.1) is 11.6 Å². The lowest BCUT2D eigenvalue weighted by atomic mass is 10.2. The van der Waals surface area contributed by atoms with E-state index in [1.807, 2.05) is 34.9 Å². The van der Waals surface area contributed by atoms with Crippen LogP contribution in [0.1, 0.15) is 5.82 Å². The third kappa shape index (κ3) is 2.57. The number of fused-ring (bicyclic) bond motifs is 1. The molecular weight excluding hydrogens is 331 g/mol. The first kappa shape index (κ1) is 14.5. The highest BCUT2D eigenvalue weighted by Crippen LogP contribution is 2.30. The quantitative estimate of drug-likeness (QED) is 0.621. The predicted molar refractivity (Wildman–Crippen MR) is 87.2 cm³/mol. The normalized spacial score (nSPS) is 11.0. The first-order valence-corrected chi connectivity index (χ1v) is 7.50. The maximum atomic E-state index is 6.08. The highest BCUT2D eigenvalue weighted by atomic mass is 35.5. The Hall–Kier alpha value is -1.42. The van der Waals surface area contributed by atoms with Gasteiger partial charge in [0.2, 0.25) is 0 Å².